The van der Waals surface area contributed by atoms with E-state index in [2.05, 4.69) is 10.3 Å². The van der Waals surface area contributed by atoms with Crippen LogP contribution < -0.4 is 11.1 Å². The van der Waals surface area contributed by atoms with E-state index in [0.717, 1.165) is 30.5 Å². The number of hydrogen-bond acceptors (Lipinski definition) is 4. The highest BCUT2D eigenvalue weighted by Crippen LogP contribution is 2.26. The van der Waals surface area contributed by atoms with E-state index in [-0.39, 0.29) is 24.4 Å². The van der Waals surface area contributed by atoms with Crippen molar-refractivity contribution in [3.63, 3.8) is 0 Å². The Bertz CT molecular complexity index is 630. The maximum Gasteiger partial charge on any atom is 0.226 e. The van der Waals surface area contributed by atoms with Crippen LogP contribution in [-0.2, 0) is 11.3 Å². The molecule has 2 aromatic rings. The molecular weight excluding hydrogens is 314 g/mol. The van der Waals surface area contributed by atoms with E-state index in [9.17, 15) is 4.79 Å². The number of halogens is 1. The maximum atomic E-state index is 12.0. The molecule has 1 heterocycles. The number of carbonyl (C=O) groups excluding carboxylic acids is 1. The third kappa shape index (κ3) is 4.56. The zero-order chi connectivity index (χ0) is 15.4. The number of nitrogens with two attached hydrogens (primary N) is 1. The zero-order valence-electron chi connectivity index (χ0n) is 12.9. The van der Waals surface area contributed by atoms with Gasteiger partial charge in [-0.1, -0.05) is 24.6 Å². The largest absolute Gasteiger partial charge is 0.444 e. The van der Waals surface area contributed by atoms with Crippen LogP contribution in [0.3, 0.4) is 0 Å². The molecule has 0 saturated heterocycles. The van der Waals surface area contributed by atoms with E-state index in [1.165, 1.54) is 0 Å². The summed E-state index contributed by atoms with van der Waals surface area (Å²) in [4.78, 5) is 16.4. The molecule has 2 atom stereocenters. The molecule has 6 heteroatoms. The molecule has 0 aliphatic heterocycles. The third-order valence-corrected chi connectivity index (χ3v) is 4.20. The van der Waals surface area contributed by atoms with Gasteiger partial charge in [-0.05, 0) is 30.9 Å². The molecule has 5 nitrogen and oxygen atoms in total. The number of rotatable bonds is 5. The first kappa shape index (κ1) is 17.5. The predicted molar refractivity (Wildman–Crippen MR) is 91.0 cm³/mol. The number of nitrogens with one attached hydrogen (secondary N) is 1. The van der Waals surface area contributed by atoms with E-state index < -0.39 is 0 Å². The van der Waals surface area contributed by atoms with Crippen molar-refractivity contribution >= 4 is 18.3 Å². The second-order valence-electron chi connectivity index (χ2n) is 5.85. The highest BCUT2D eigenvalue weighted by atomic mass is 35.5. The van der Waals surface area contributed by atoms with Crippen LogP contribution >= 0.6 is 12.4 Å². The first-order chi connectivity index (χ1) is 10.7. The SMILES string of the molecule is Cl.N[C@@H]1CCC[C@H]1CC(=O)NCc1coc(-c2ccccc2)n1. The van der Waals surface area contributed by atoms with Crippen molar-refractivity contribution in [2.75, 3.05) is 0 Å². The fraction of sp³-hybridized carbons (Fsp3) is 0.412. The molecular formula is C17H22ClN3O2. The van der Waals surface area contributed by atoms with Gasteiger partial charge >= 0.3 is 0 Å². The average molecular weight is 336 g/mol. The molecule has 0 radical (unpaired) electrons. The Kier molecular flexibility index (Phi) is 6.19. The molecule has 0 spiro atoms. The minimum Gasteiger partial charge on any atom is -0.444 e. The van der Waals surface area contributed by atoms with Crippen LogP contribution in [0.15, 0.2) is 41.0 Å². The Morgan fingerprint density at radius 3 is 2.78 bits per heavy atom. The lowest BCUT2D eigenvalue weighted by molar-refractivity contribution is -0.122. The van der Waals surface area contributed by atoms with Crippen LogP contribution in [0.2, 0.25) is 0 Å². The second-order valence-corrected chi connectivity index (χ2v) is 5.85. The summed E-state index contributed by atoms with van der Waals surface area (Å²) in [5.74, 6) is 0.923. The molecule has 23 heavy (non-hydrogen) atoms. The van der Waals surface area contributed by atoms with Crippen LogP contribution in [0, 0.1) is 5.92 Å². The molecule has 124 valence electrons. The predicted octanol–water partition coefficient (Wildman–Crippen LogP) is 2.90. The van der Waals surface area contributed by atoms with Gasteiger partial charge in [0.1, 0.15) is 6.26 Å². The summed E-state index contributed by atoms with van der Waals surface area (Å²) in [5.41, 5.74) is 7.65. The second kappa shape index (κ2) is 8.13. The molecule has 1 saturated carbocycles. The van der Waals surface area contributed by atoms with Gasteiger partial charge in [-0.2, -0.15) is 0 Å². The molecule has 1 fully saturated rings. The number of aromatic nitrogens is 1. The topological polar surface area (TPSA) is 81.2 Å². The molecule has 3 N–H and O–H groups in total. The molecule has 1 amide bonds. The van der Waals surface area contributed by atoms with E-state index in [1.54, 1.807) is 6.26 Å². The van der Waals surface area contributed by atoms with Gasteiger partial charge in [-0.25, -0.2) is 4.98 Å². The van der Waals surface area contributed by atoms with Crippen LogP contribution in [-0.4, -0.2) is 16.9 Å². The van der Waals surface area contributed by atoms with Crippen molar-refractivity contribution in [3.8, 4) is 11.5 Å². The first-order valence-corrected chi connectivity index (χ1v) is 7.74. The Hall–Kier alpha value is -1.85. The average Bonchev–Trinajstić information content (AvgIpc) is 3.16. The summed E-state index contributed by atoms with van der Waals surface area (Å²) in [5, 5.41) is 2.89. The van der Waals surface area contributed by atoms with Crippen molar-refractivity contribution in [1.82, 2.24) is 10.3 Å². The van der Waals surface area contributed by atoms with Gasteiger partial charge in [0.25, 0.3) is 0 Å². The molecule has 0 unspecified atom stereocenters. The first-order valence-electron chi connectivity index (χ1n) is 7.74. The quantitative estimate of drug-likeness (QED) is 0.880. The Morgan fingerprint density at radius 1 is 1.30 bits per heavy atom. The third-order valence-electron chi connectivity index (χ3n) is 4.20. The summed E-state index contributed by atoms with van der Waals surface area (Å²) >= 11 is 0. The van der Waals surface area contributed by atoms with E-state index in [1.807, 2.05) is 30.3 Å². The number of carbonyl (C=O) groups is 1. The summed E-state index contributed by atoms with van der Waals surface area (Å²) in [7, 11) is 0. The van der Waals surface area contributed by atoms with E-state index in [0.29, 0.717) is 24.8 Å². The van der Waals surface area contributed by atoms with Crippen molar-refractivity contribution in [3.05, 3.63) is 42.3 Å². The summed E-state index contributed by atoms with van der Waals surface area (Å²) < 4.78 is 5.45. The van der Waals surface area contributed by atoms with Crippen LogP contribution in [0.4, 0.5) is 0 Å². The highest BCUT2D eigenvalue weighted by Gasteiger charge is 2.25. The summed E-state index contributed by atoms with van der Waals surface area (Å²) in [6, 6.07) is 9.87. The minimum absolute atomic E-state index is 0. The van der Waals surface area contributed by atoms with Crippen molar-refractivity contribution in [1.29, 1.82) is 0 Å². The van der Waals surface area contributed by atoms with Crippen LogP contribution in [0.5, 0.6) is 0 Å². The number of amides is 1. The van der Waals surface area contributed by atoms with E-state index in [4.69, 9.17) is 10.2 Å². The van der Waals surface area contributed by atoms with Gasteiger partial charge in [-0.15, -0.1) is 12.4 Å². The molecule has 1 aromatic carbocycles. The number of hydrogen-bond donors (Lipinski definition) is 2. The van der Waals surface area contributed by atoms with Gasteiger partial charge in [0, 0.05) is 18.0 Å². The van der Waals surface area contributed by atoms with Gasteiger partial charge in [0.2, 0.25) is 11.8 Å². The maximum absolute atomic E-state index is 12.0. The molecule has 1 aliphatic rings. The zero-order valence-corrected chi connectivity index (χ0v) is 13.7. The number of oxazole rings is 1. The standard InChI is InChI=1S/C17H21N3O2.ClH/c18-15-8-4-7-13(15)9-16(21)19-10-14-11-22-17(20-14)12-5-2-1-3-6-12;/h1-3,5-6,11,13,15H,4,7-10,18H2,(H,19,21);1H/t13-,15+;/m0./s1. The monoisotopic (exact) mass is 335 g/mol. The highest BCUT2D eigenvalue weighted by molar-refractivity contribution is 5.85. The van der Waals surface area contributed by atoms with Crippen molar-refractivity contribution in [2.24, 2.45) is 11.7 Å². The molecule has 0 bridgehead atoms. The van der Waals surface area contributed by atoms with Gasteiger partial charge in [0.15, 0.2) is 0 Å². The van der Waals surface area contributed by atoms with Crippen molar-refractivity contribution < 1.29 is 9.21 Å². The molecule has 1 aliphatic carbocycles. The summed E-state index contributed by atoms with van der Waals surface area (Å²) in [6.07, 6.45) is 5.30. The van der Waals surface area contributed by atoms with E-state index >= 15 is 0 Å². The van der Waals surface area contributed by atoms with Gasteiger partial charge in [-0.3, -0.25) is 4.79 Å². The Morgan fingerprint density at radius 2 is 2.09 bits per heavy atom. The lowest BCUT2D eigenvalue weighted by Crippen LogP contribution is -2.31. The van der Waals surface area contributed by atoms with Crippen molar-refractivity contribution in [2.45, 2.75) is 38.3 Å². The minimum atomic E-state index is 0. The van der Waals surface area contributed by atoms with Gasteiger partial charge < -0.3 is 15.5 Å². The fourth-order valence-electron chi connectivity index (χ4n) is 2.92. The lowest BCUT2D eigenvalue weighted by Gasteiger charge is -2.14. The smallest absolute Gasteiger partial charge is 0.226 e. The molecule has 1 aromatic heterocycles. The molecule has 3 rings (SSSR count). The Balaban J connectivity index is 0.00000192. The number of benzene rings is 1. The van der Waals surface area contributed by atoms with Crippen LogP contribution in [0.25, 0.3) is 11.5 Å². The van der Waals surface area contributed by atoms with Crippen LogP contribution in [0.1, 0.15) is 31.4 Å². The lowest BCUT2D eigenvalue weighted by atomic mass is 10.00. The van der Waals surface area contributed by atoms with Gasteiger partial charge in [0.05, 0.1) is 12.2 Å². The number of nitrogens with zero attached hydrogens (tertiary/aromatic N) is 1. The Labute approximate surface area is 142 Å². The summed E-state index contributed by atoms with van der Waals surface area (Å²) in [6.45, 7) is 0.386. The fourth-order valence-corrected chi connectivity index (χ4v) is 2.92. The normalized spacial score (nSPS) is 20.0.